The van der Waals surface area contributed by atoms with Crippen LogP contribution >= 0.6 is 34.5 Å². The third-order valence-electron chi connectivity index (χ3n) is 2.66. The highest BCUT2D eigenvalue weighted by atomic mass is 35.5. The Bertz CT molecular complexity index is 568. The smallest absolute Gasteiger partial charge is 0.127 e. The Kier molecular flexibility index (Phi) is 4.28. The van der Waals surface area contributed by atoms with Gasteiger partial charge in [0.25, 0.3) is 0 Å². The number of benzene rings is 1. The van der Waals surface area contributed by atoms with E-state index in [1.807, 2.05) is 12.3 Å². The van der Waals surface area contributed by atoms with Crippen molar-refractivity contribution in [3.05, 3.63) is 55.4 Å². The normalized spacial score (nSPS) is 12.7. The second-order valence-corrected chi connectivity index (χ2v) is 5.78. The van der Waals surface area contributed by atoms with Gasteiger partial charge in [0.1, 0.15) is 5.82 Å². The molecule has 0 aliphatic carbocycles. The minimum absolute atomic E-state index is 0.183. The summed E-state index contributed by atoms with van der Waals surface area (Å²) in [7, 11) is 0. The highest BCUT2D eigenvalue weighted by molar-refractivity contribution is 7.10. The maximum absolute atomic E-state index is 13.6. The Morgan fingerprint density at radius 2 is 2.11 bits per heavy atom. The summed E-state index contributed by atoms with van der Waals surface area (Å²) in [6.45, 7) is 1.87. The van der Waals surface area contributed by atoms with Gasteiger partial charge in [-0.3, -0.25) is 0 Å². The summed E-state index contributed by atoms with van der Waals surface area (Å²) >= 11 is 13.1. The molecule has 2 aromatic rings. The van der Waals surface area contributed by atoms with Gasteiger partial charge < -0.3 is 5.11 Å². The number of thiophene rings is 1. The Morgan fingerprint density at radius 3 is 2.67 bits per heavy atom. The first-order chi connectivity index (χ1) is 8.49. The van der Waals surface area contributed by atoms with Crippen LogP contribution in [0.4, 0.5) is 4.39 Å². The van der Waals surface area contributed by atoms with E-state index in [2.05, 4.69) is 0 Å². The van der Waals surface area contributed by atoms with Crippen molar-refractivity contribution in [1.29, 1.82) is 0 Å². The van der Waals surface area contributed by atoms with E-state index in [4.69, 9.17) is 23.2 Å². The van der Waals surface area contributed by atoms with E-state index in [1.54, 1.807) is 12.1 Å². The fraction of sp³-hybridized carbons (Fsp3) is 0.231. The molecule has 96 valence electrons. The first-order valence-corrected chi connectivity index (χ1v) is 6.98. The summed E-state index contributed by atoms with van der Waals surface area (Å²) in [4.78, 5) is 0.670. The molecule has 0 bridgehead atoms. The van der Waals surface area contributed by atoms with E-state index >= 15 is 0 Å². The van der Waals surface area contributed by atoms with Crippen LogP contribution in [0.2, 0.25) is 10.0 Å². The van der Waals surface area contributed by atoms with Gasteiger partial charge in [0.05, 0.1) is 16.0 Å². The molecule has 0 amide bonds. The maximum atomic E-state index is 13.6. The number of aliphatic hydroxyl groups is 1. The molecule has 1 aromatic heterocycles. The standard InChI is InChI=1S/C13H11Cl2FOS/c1-7-6-18-13(12(7)15)11(17)4-8-2-3-9(14)5-10(8)16/h2-3,5-6,11,17H,4H2,1H3. The number of rotatable bonds is 3. The van der Waals surface area contributed by atoms with Crippen molar-refractivity contribution in [3.8, 4) is 0 Å². The molecule has 1 aromatic carbocycles. The second kappa shape index (κ2) is 5.57. The lowest BCUT2D eigenvalue weighted by atomic mass is 10.1. The van der Waals surface area contributed by atoms with E-state index in [-0.39, 0.29) is 6.42 Å². The molecule has 1 nitrogen and oxygen atoms in total. The van der Waals surface area contributed by atoms with Gasteiger partial charge in [0.2, 0.25) is 0 Å². The first-order valence-electron chi connectivity index (χ1n) is 5.34. The van der Waals surface area contributed by atoms with Crippen molar-refractivity contribution in [2.75, 3.05) is 0 Å². The van der Waals surface area contributed by atoms with Crippen molar-refractivity contribution < 1.29 is 9.50 Å². The van der Waals surface area contributed by atoms with Crippen LogP contribution in [0.15, 0.2) is 23.6 Å². The lowest BCUT2D eigenvalue weighted by molar-refractivity contribution is 0.181. The van der Waals surface area contributed by atoms with E-state index in [0.29, 0.717) is 20.5 Å². The molecule has 0 saturated heterocycles. The van der Waals surface area contributed by atoms with Crippen molar-refractivity contribution in [2.24, 2.45) is 0 Å². The molecule has 0 aliphatic rings. The molecule has 2 rings (SSSR count). The number of hydrogen-bond acceptors (Lipinski definition) is 2. The van der Waals surface area contributed by atoms with Crippen LogP contribution in [0, 0.1) is 12.7 Å². The average Bonchev–Trinajstić information content (AvgIpc) is 2.64. The molecule has 0 spiro atoms. The molecule has 1 atom stereocenters. The largest absolute Gasteiger partial charge is 0.387 e. The summed E-state index contributed by atoms with van der Waals surface area (Å²) in [5.74, 6) is -0.411. The van der Waals surface area contributed by atoms with Gasteiger partial charge in [-0.15, -0.1) is 11.3 Å². The Morgan fingerprint density at radius 1 is 1.39 bits per heavy atom. The highest BCUT2D eigenvalue weighted by Gasteiger charge is 2.17. The molecule has 0 saturated carbocycles. The van der Waals surface area contributed by atoms with Gasteiger partial charge in [-0.2, -0.15) is 0 Å². The van der Waals surface area contributed by atoms with E-state index in [1.165, 1.54) is 17.4 Å². The summed E-state index contributed by atoms with van der Waals surface area (Å²) in [5, 5.41) is 12.9. The van der Waals surface area contributed by atoms with Crippen LogP contribution in [-0.2, 0) is 6.42 Å². The minimum atomic E-state index is -0.799. The third-order valence-corrected chi connectivity index (χ3v) is 4.71. The molecule has 1 heterocycles. The van der Waals surface area contributed by atoms with Crippen LogP contribution in [0.3, 0.4) is 0 Å². The Hall–Kier alpha value is -0.610. The number of aryl methyl sites for hydroxylation is 1. The monoisotopic (exact) mass is 304 g/mol. The van der Waals surface area contributed by atoms with Crippen LogP contribution in [0.5, 0.6) is 0 Å². The van der Waals surface area contributed by atoms with Gasteiger partial charge in [0.15, 0.2) is 0 Å². The fourth-order valence-corrected chi connectivity index (χ4v) is 3.13. The average molecular weight is 305 g/mol. The van der Waals surface area contributed by atoms with E-state index in [9.17, 15) is 9.50 Å². The summed E-state index contributed by atoms with van der Waals surface area (Å²) < 4.78 is 13.6. The third kappa shape index (κ3) is 2.86. The lowest BCUT2D eigenvalue weighted by Crippen LogP contribution is -2.02. The van der Waals surface area contributed by atoms with Crippen molar-refractivity contribution in [1.82, 2.24) is 0 Å². The van der Waals surface area contributed by atoms with Gasteiger partial charge in [-0.25, -0.2) is 4.39 Å². The zero-order valence-corrected chi connectivity index (χ0v) is 11.9. The summed E-state index contributed by atoms with van der Waals surface area (Å²) in [6.07, 6.45) is -0.616. The Balaban J connectivity index is 2.21. The van der Waals surface area contributed by atoms with Gasteiger partial charge in [-0.1, -0.05) is 29.3 Å². The molecule has 5 heteroatoms. The summed E-state index contributed by atoms with van der Waals surface area (Å²) in [5.41, 5.74) is 1.35. The van der Waals surface area contributed by atoms with Gasteiger partial charge >= 0.3 is 0 Å². The lowest BCUT2D eigenvalue weighted by Gasteiger charge is -2.10. The van der Waals surface area contributed by atoms with Crippen LogP contribution in [0.25, 0.3) is 0 Å². The predicted molar refractivity (Wildman–Crippen MR) is 74.1 cm³/mol. The van der Waals surface area contributed by atoms with E-state index in [0.717, 1.165) is 5.56 Å². The molecular formula is C13H11Cl2FOS. The molecular weight excluding hydrogens is 294 g/mol. The van der Waals surface area contributed by atoms with Crippen molar-refractivity contribution in [2.45, 2.75) is 19.4 Å². The number of halogens is 3. The number of aliphatic hydroxyl groups excluding tert-OH is 1. The highest BCUT2D eigenvalue weighted by Crippen LogP contribution is 2.34. The second-order valence-electron chi connectivity index (χ2n) is 4.05. The summed E-state index contributed by atoms with van der Waals surface area (Å²) in [6, 6.07) is 4.42. The quantitative estimate of drug-likeness (QED) is 0.865. The first kappa shape index (κ1) is 13.8. The Labute approximate surface area is 119 Å². The van der Waals surface area contributed by atoms with E-state index < -0.39 is 11.9 Å². The molecule has 1 unspecified atom stereocenters. The van der Waals surface area contributed by atoms with Crippen molar-refractivity contribution in [3.63, 3.8) is 0 Å². The SMILES string of the molecule is Cc1csc(C(O)Cc2ccc(Cl)cc2F)c1Cl. The molecule has 0 aliphatic heterocycles. The van der Waals surface area contributed by atoms with Gasteiger partial charge in [0, 0.05) is 11.4 Å². The molecule has 1 N–H and O–H groups in total. The van der Waals surface area contributed by atoms with Crippen LogP contribution in [-0.4, -0.2) is 5.11 Å². The maximum Gasteiger partial charge on any atom is 0.127 e. The molecule has 18 heavy (non-hydrogen) atoms. The molecule has 0 fully saturated rings. The zero-order valence-electron chi connectivity index (χ0n) is 9.58. The fourth-order valence-electron chi connectivity index (χ4n) is 1.66. The van der Waals surface area contributed by atoms with Crippen molar-refractivity contribution >= 4 is 34.5 Å². The predicted octanol–water partition coefficient (Wildman–Crippen LogP) is 4.78. The zero-order chi connectivity index (χ0) is 13.3. The number of hydrogen-bond donors (Lipinski definition) is 1. The van der Waals surface area contributed by atoms with Crippen LogP contribution < -0.4 is 0 Å². The topological polar surface area (TPSA) is 20.2 Å². The van der Waals surface area contributed by atoms with Gasteiger partial charge in [-0.05, 0) is 35.6 Å². The van der Waals surface area contributed by atoms with Crippen LogP contribution in [0.1, 0.15) is 22.1 Å². The minimum Gasteiger partial charge on any atom is -0.387 e. The molecule has 0 radical (unpaired) electrons.